The Morgan fingerprint density at radius 1 is 1.13 bits per heavy atom. The van der Waals surface area contributed by atoms with Gasteiger partial charge >= 0.3 is 0 Å². The van der Waals surface area contributed by atoms with E-state index in [1.54, 1.807) is 17.9 Å². The first-order chi connectivity index (χ1) is 14.4. The Hall–Kier alpha value is -2.63. The molecule has 0 aliphatic heterocycles. The SMILES string of the molecule is CCCCCCc1ccc(C(=O)N(CCC(C)C)CC(=O)Nc2cc(C)on2)cc1. The summed E-state index contributed by atoms with van der Waals surface area (Å²) in [5.74, 6) is 1.01. The lowest BCUT2D eigenvalue weighted by Crippen LogP contribution is -2.39. The fourth-order valence-electron chi connectivity index (χ4n) is 3.20. The summed E-state index contributed by atoms with van der Waals surface area (Å²) in [6.07, 6.45) is 6.76. The van der Waals surface area contributed by atoms with E-state index in [4.69, 9.17) is 4.52 Å². The standard InChI is InChI=1S/C24H35N3O3/c1-5-6-7-8-9-20-10-12-21(13-11-20)24(29)27(15-14-18(2)3)17-23(28)25-22-16-19(4)30-26-22/h10-13,16,18H,5-9,14-15,17H2,1-4H3,(H,25,26,28). The molecule has 1 aromatic heterocycles. The third kappa shape index (κ3) is 8.01. The predicted octanol–water partition coefficient (Wildman–Crippen LogP) is 5.23. The number of amides is 2. The third-order valence-electron chi connectivity index (χ3n) is 5.01. The molecular formula is C24H35N3O3. The fraction of sp³-hybridized carbons (Fsp3) is 0.542. The second kappa shape index (κ2) is 12.2. The van der Waals surface area contributed by atoms with Gasteiger partial charge in [-0.2, -0.15) is 0 Å². The number of nitrogens with zero attached hydrogens (tertiary/aromatic N) is 2. The molecule has 164 valence electrons. The molecule has 0 aliphatic carbocycles. The molecule has 2 aromatic rings. The van der Waals surface area contributed by atoms with Crippen LogP contribution < -0.4 is 5.32 Å². The van der Waals surface area contributed by atoms with E-state index in [-0.39, 0.29) is 18.4 Å². The highest BCUT2D eigenvalue weighted by atomic mass is 16.5. The van der Waals surface area contributed by atoms with Crippen molar-refractivity contribution in [2.45, 2.75) is 66.2 Å². The molecule has 0 bridgehead atoms. The number of aromatic nitrogens is 1. The zero-order chi connectivity index (χ0) is 21.9. The molecule has 2 rings (SSSR count). The molecule has 1 heterocycles. The molecule has 0 saturated carbocycles. The molecule has 0 atom stereocenters. The summed E-state index contributed by atoms with van der Waals surface area (Å²) in [4.78, 5) is 27.1. The normalized spacial score (nSPS) is 11.0. The summed E-state index contributed by atoms with van der Waals surface area (Å²) < 4.78 is 4.97. The Balaban J connectivity index is 2.00. The maximum Gasteiger partial charge on any atom is 0.254 e. The van der Waals surface area contributed by atoms with E-state index in [0.717, 1.165) is 12.8 Å². The molecule has 6 heteroatoms. The average molecular weight is 414 g/mol. The number of anilines is 1. The van der Waals surface area contributed by atoms with Crippen molar-refractivity contribution in [3.63, 3.8) is 0 Å². The number of carbonyl (C=O) groups is 2. The van der Waals surface area contributed by atoms with E-state index in [9.17, 15) is 9.59 Å². The van der Waals surface area contributed by atoms with Gasteiger partial charge in [-0.25, -0.2) is 0 Å². The number of carbonyl (C=O) groups excluding carboxylic acids is 2. The van der Waals surface area contributed by atoms with Crippen LogP contribution in [0.3, 0.4) is 0 Å². The van der Waals surface area contributed by atoms with Crippen molar-refractivity contribution in [2.24, 2.45) is 5.92 Å². The zero-order valence-electron chi connectivity index (χ0n) is 18.7. The van der Waals surface area contributed by atoms with Crippen LogP contribution in [0, 0.1) is 12.8 Å². The highest BCUT2D eigenvalue weighted by Gasteiger charge is 2.20. The monoisotopic (exact) mass is 413 g/mol. The van der Waals surface area contributed by atoms with Gasteiger partial charge in [0, 0.05) is 18.2 Å². The molecule has 6 nitrogen and oxygen atoms in total. The van der Waals surface area contributed by atoms with Gasteiger partial charge in [-0.05, 0) is 49.8 Å². The predicted molar refractivity (Wildman–Crippen MR) is 120 cm³/mol. The van der Waals surface area contributed by atoms with Crippen molar-refractivity contribution in [3.8, 4) is 0 Å². The fourth-order valence-corrected chi connectivity index (χ4v) is 3.20. The molecule has 0 fully saturated rings. The van der Waals surface area contributed by atoms with Crippen molar-refractivity contribution in [1.29, 1.82) is 0 Å². The quantitative estimate of drug-likeness (QED) is 0.483. The maximum atomic E-state index is 13.1. The third-order valence-corrected chi connectivity index (χ3v) is 5.01. The van der Waals surface area contributed by atoms with E-state index < -0.39 is 0 Å². The van der Waals surface area contributed by atoms with Crippen molar-refractivity contribution >= 4 is 17.6 Å². The van der Waals surface area contributed by atoms with Crippen molar-refractivity contribution < 1.29 is 14.1 Å². The van der Waals surface area contributed by atoms with E-state index in [1.165, 1.54) is 31.2 Å². The number of unbranched alkanes of at least 4 members (excludes halogenated alkanes) is 3. The first kappa shape index (κ1) is 23.6. The van der Waals surface area contributed by atoms with Gasteiger partial charge in [0.05, 0.1) is 0 Å². The lowest BCUT2D eigenvalue weighted by atomic mass is 10.0. The maximum absolute atomic E-state index is 13.1. The minimum atomic E-state index is -0.284. The summed E-state index contributed by atoms with van der Waals surface area (Å²) in [7, 11) is 0. The van der Waals surface area contributed by atoms with E-state index in [0.29, 0.717) is 29.6 Å². The first-order valence-electron chi connectivity index (χ1n) is 11.0. The Morgan fingerprint density at radius 2 is 1.87 bits per heavy atom. The number of nitrogens with one attached hydrogen (secondary N) is 1. The van der Waals surface area contributed by atoms with Crippen LogP contribution >= 0.6 is 0 Å². The molecule has 0 saturated heterocycles. The van der Waals surface area contributed by atoms with Crippen molar-refractivity contribution in [3.05, 3.63) is 47.2 Å². The smallest absolute Gasteiger partial charge is 0.254 e. The number of hydrogen-bond acceptors (Lipinski definition) is 4. The van der Waals surface area contributed by atoms with Crippen LogP contribution in [0.1, 0.15) is 74.6 Å². The summed E-state index contributed by atoms with van der Waals surface area (Å²) in [5.41, 5.74) is 1.86. The second-order valence-electron chi connectivity index (χ2n) is 8.29. The minimum absolute atomic E-state index is 0.0176. The Labute approximate surface area is 180 Å². The van der Waals surface area contributed by atoms with Gasteiger partial charge < -0.3 is 14.7 Å². The topological polar surface area (TPSA) is 75.4 Å². The highest BCUT2D eigenvalue weighted by Crippen LogP contribution is 2.13. The summed E-state index contributed by atoms with van der Waals surface area (Å²) in [5, 5.41) is 6.47. The summed E-state index contributed by atoms with van der Waals surface area (Å²) >= 11 is 0. The Bertz CT molecular complexity index is 796. The lowest BCUT2D eigenvalue weighted by molar-refractivity contribution is -0.117. The second-order valence-corrected chi connectivity index (χ2v) is 8.29. The van der Waals surface area contributed by atoms with Gasteiger partial charge in [0.15, 0.2) is 5.82 Å². The summed E-state index contributed by atoms with van der Waals surface area (Å²) in [6.45, 7) is 8.69. The number of hydrogen-bond donors (Lipinski definition) is 1. The molecule has 1 N–H and O–H groups in total. The lowest BCUT2D eigenvalue weighted by Gasteiger charge is -2.23. The van der Waals surface area contributed by atoms with Crippen LogP contribution in [0.2, 0.25) is 0 Å². The highest BCUT2D eigenvalue weighted by molar-refractivity contribution is 5.99. The van der Waals surface area contributed by atoms with Crippen LogP contribution in [0.5, 0.6) is 0 Å². The molecule has 1 aromatic carbocycles. The van der Waals surface area contributed by atoms with Gasteiger partial charge in [-0.1, -0.05) is 57.3 Å². The van der Waals surface area contributed by atoms with Gasteiger partial charge in [0.25, 0.3) is 5.91 Å². The number of benzene rings is 1. The number of rotatable bonds is 12. The van der Waals surface area contributed by atoms with E-state index in [1.807, 2.05) is 24.3 Å². The van der Waals surface area contributed by atoms with Gasteiger partial charge in [0.2, 0.25) is 5.91 Å². The van der Waals surface area contributed by atoms with Gasteiger partial charge in [-0.3, -0.25) is 9.59 Å². The Kier molecular flexibility index (Phi) is 9.58. The van der Waals surface area contributed by atoms with Crippen LogP contribution in [-0.4, -0.2) is 35.0 Å². The molecule has 0 aliphatic rings. The van der Waals surface area contributed by atoms with Crippen LogP contribution in [0.15, 0.2) is 34.9 Å². The molecular weight excluding hydrogens is 378 g/mol. The number of aryl methyl sites for hydroxylation is 2. The van der Waals surface area contributed by atoms with Crippen LogP contribution in [-0.2, 0) is 11.2 Å². The van der Waals surface area contributed by atoms with Crippen LogP contribution in [0.25, 0.3) is 0 Å². The van der Waals surface area contributed by atoms with Crippen LogP contribution in [0.4, 0.5) is 5.82 Å². The van der Waals surface area contributed by atoms with Gasteiger partial charge in [0.1, 0.15) is 12.3 Å². The zero-order valence-corrected chi connectivity index (χ0v) is 18.7. The summed E-state index contributed by atoms with van der Waals surface area (Å²) in [6, 6.07) is 9.45. The van der Waals surface area contributed by atoms with Crippen molar-refractivity contribution in [2.75, 3.05) is 18.4 Å². The molecule has 0 spiro atoms. The minimum Gasteiger partial charge on any atom is -0.360 e. The first-order valence-corrected chi connectivity index (χ1v) is 11.0. The molecule has 0 radical (unpaired) electrons. The van der Waals surface area contributed by atoms with E-state index >= 15 is 0 Å². The Morgan fingerprint density at radius 3 is 2.47 bits per heavy atom. The molecule has 2 amide bonds. The van der Waals surface area contributed by atoms with E-state index in [2.05, 4.69) is 31.2 Å². The largest absolute Gasteiger partial charge is 0.360 e. The average Bonchev–Trinajstić information content (AvgIpc) is 3.12. The van der Waals surface area contributed by atoms with Crippen molar-refractivity contribution in [1.82, 2.24) is 10.1 Å². The molecule has 30 heavy (non-hydrogen) atoms. The molecule has 0 unspecified atom stereocenters. The van der Waals surface area contributed by atoms with Gasteiger partial charge in [-0.15, -0.1) is 0 Å².